The SMILES string of the molecule is COc1cc(OC)nc([C@@H]2CCCC[C@H]2C(=O)NCc2cccc(C(F)(F)F)c2)n1. The number of carbonyl (C=O) groups excluding carboxylic acids is 1. The molecule has 9 heteroatoms. The summed E-state index contributed by atoms with van der Waals surface area (Å²) in [6.07, 6.45) is -1.21. The maximum Gasteiger partial charge on any atom is 0.416 e. The highest BCUT2D eigenvalue weighted by Crippen LogP contribution is 2.38. The van der Waals surface area contributed by atoms with Crippen LogP contribution in [0.2, 0.25) is 0 Å². The van der Waals surface area contributed by atoms with Crippen molar-refractivity contribution in [3.63, 3.8) is 0 Å². The van der Waals surface area contributed by atoms with Gasteiger partial charge in [0.25, 0.3) is 0 Å². The zero-order valence-electron chi connectivity index (χ0n) is 16.8. The normalized spacial score (nSPS) is 19.2. The number of nitrogens with zero attached hydrogens (tertiary/aromatic N) is 2. The average molecular weight is 423 g/mol. The zero-order valence-corrected chi connectivity index (χ0v) is 16.8. The number of ether oxygens (including phenoxy) is 2. The van der Waals surface area contributed by atoms with Crippen LogP contribution >= 0.6 is 0 Å². The molecule has 1 heterocycles. The molecule has 1 N–H and O–H groups in total. The Morgan fingerprint density at radius 3 is 2.40 bits per heavy atom. The quantitative estimate of drug-likeness (QED) is 0.757. The van der Waals surface area contributed by atoms with Crippen LogP contribution in [0, 0.1) is 5.92 Å². The molecule has 0 bridgehead atoms. The predicted octanol–water partition coefficient (Wildman–Crippen LogP) is 4.10. The van der Waals surface area contributed by atoms with Crippen LogP contribution in [-0.4, -0.2) is 30.1 Å². The minimum Gasteiger partial charge on any atom is -0.481 e. The maximum absolute atomic E-state index is 12.9. The number of rotatable bonds is 6. The van der Waals surface area contributed by atoms with Crippen molar-refractivity contribution in [1.82, 2.24) is 15.3 Å². The van der Waals surface area contributed by atoms with E-state index in [-0.39, 0.29) is 24.3 Å². The van der Waals surface area contributed by atoms with Crippen LogP contribution in [0.3, 0.4) is 0 Å². The van der Waals surface area contributed by atoms with Crippen molar-refractivity contribution >= 4 is 5.91 Å². The van der Waals surface area contributed by atoms with E-state index in [4.69, 9.17) is 9.47 Å². The van der Waals surface area contributed by atoms with Crippen LogP contribution in [0.25, 0.3) is 0 Å². The van der Waals surface area contributed by atoms with Gasteiger partial charge in [0.2, 0.25) is 17.7 Å². The molecule has 6 nitrogen and oxygen atoms in total. The van der Waals surface area contributed by atoms with Crippen molar-refractivity contribution in [2.24, 2.45) is 5.92 Å². The third-order valence-electron chi connectivity index (χ3n) is 5.27. The fraction of sp³-hybridized carbons (Fsp3) is 0.476. The molecule has 2 aromatic rings. The van der Waals surface area contributed by atoms with Gasteiger partial charge >= 0.3 is 6.18 Å². The molecule has 162 valence electrons. The molecular formula is C21H24F3N3O3. The zero-order chi connectivity index (χ0) is 21.7. The molecule has 0 unspecified atom stereocenters. The molecule has 0 spiro atoms. The lowest BCUT2D eigenvalue weighted by Crippen LogP contribution is -2.36. The van der Waals surface area contributed by atoms with E-state index in [0.717, 1.165) is 31.4 Å². The fourth-order valence-corrected chi connectivity index (χ4v) is 3.73. The van der Waals surface area contributed by atoms with E-state index in [0.29, 0.717) is 29.6 Å². The van der Waals surface area contributed by atoms with Crippen LogP contribution in [-0.2, 0) is 17.5 Å². The van der Waals surface area contributed by atoms with Crippen LogP contribution in [0.5, 0.6) is 11.8 Å². The second kappa shape index (κ2) is 9.32. The summed E-state index contributed by atoms with van der Waals surface area (Å²) in [6.45, 7) is 0.0221. The molecule has 0 saturated heterocycles. The molecule has 2 atom stereocenters. The van der Waals surface area contributed by atoms with Gasteiger partial charge in [0, 0.05) is 18.4 Å². The molecule has 0 aliphatic heterocycles. The highest BCUT2D eigenvalue weighted by molar-refractivity contribution is 5.79. The maximum atomic E-state index is 12.9. The Morgan fingerprint density at radius 2 is 1.77 bits per heavy atom. The first-order valence-electron chi connectivity index (χ1n) is 9.72. The summed E-state index contributed by atoms with van der Waals surface area (Å²) in [5.41, 5.74) is -0.341. The van der Waals surface area contributed by atoms with Gasteiger partial charge < -0.3 is 14.8 Å². The average Bonchev–Trinajstić information content (AvgIpc) is 2.76. The lowest BCUT2D eigenvalue weighted by molar-refractivity contribution is -0.137. The molecule has 1 aromatic heterocycles. The topological polar surface area (TPSA) is 73.3 Å². The van der Waals surface area contributed by atoms with E-state index in [2.05, 4.69) is 15.3 Å². The Bertz CT molecular complexity index is 867. The fourth-order valence-electron chi connectivity index (χ4n) is 3.73. The van der Waals surface area contributed by atoms with Gasteiger partial charge in [-0.1, -0.05) is 25.0 Å². The highest BCUT2D eigenvalue weighted by Gasteiger charge is 2.35. The first-order valence-corrected chi connectivity index (χ1v) is 9.72. The molecule has 1 aromatic carbocycles. The third-order valence-corrected chi connectivity index (χ3v) is 5.27. The summed E-state index contributed by atoms with van der Waals surface area (Å²) in [5, 5.41) is 2.78. The molecular weight excluding hydrogens is 399 g/mol. The number of methoxy groups -OCH3 is 2. The Kier molecular flexibility index (Phi) is 6.79. The standard InChI is InChI=1S/C21H24F3N3O3/c1-29-17-11-18(30-2)27-19(26-17)15-8-3-4-9-16(15)20(28)25-12-13-6-5-7-14(10-13)21(22,23)24/h5-7,10-11,15-16H,3-4,8-9,12H2,1-2H3,(H,25,28)/t15-,16-/m1/s1. The summed E-state index contributed by atoms with van der Waals surface area (Å²) in [5.74, 6) is 0.370. The van der Waals surface area contributed by atoms with E-state index in [1.807, 2.05) is 0 Å². The number of nitrogens with one attached hydrogen (secondary N) is 1. The van der Waals surface area contributed by atoms with Crippen LogP contribution < -0.4 is 14.8 Å². The number of aromatic nitrogens is 2. The Balaban J connectivity index is 1.74. The molecule has 1 fully saturated rings. The molecule has 1 saturated carbocycles. The van der Waals surface area contributed by atoms with Gasteiger partial charge in [-0.15, -0.1) is 0 Å². The van der Waals surface area contributed by atoms with Crippen molar-refractivity contribution in [2.45, 2.75) is 44.3 Å². The summed E-state index contributed by atoms with van der Waals surface area (Å²) in [7, 11) is 2.98. The van der Waals surface area contributed by atoms with Crippen molar-refractivity contribution in [2.75, 3.05) is 14.2 Å². The third kappa shape index (κ3) is 5.20. The molecule has 3 rings (SSSR count). The Labute approximate surface area is 172 Å². The predicted molar refractivity (Wildman–Crippen MR) is 103 cm³/mol. The molecule has 1 aliphatic carbocycles. The Morgan fingerprint density at radius 1 is 1.10 bits per heavy atom. The van der Waals surface area contributed by atoms with Crippen molar-refractivity contribution in [1.29, 1.82) is 0 Å². The second-order valence-corrected chi connectivity index (χ2v) is 7.22. The van der Waals surface area contributed by atoms with E-state index in [1.165, 1.54) is 20.3 Å². The highest BCUT2D eigenvalue weighted by atomic mass is 19.4. The number of halogens is 3. The van der Waals surface area contributed by atoms with E-state index < -0.39 is 11.7 Å². The van der Waals surface area contributed by atoms with Gasteiger partial charge in [-0.2, -0.15) is 23.1 Å². The van der Waals surface area contributed by atoms with Gasteiger partial charge in [0.1, 0.15) is 5.82 Å². The van der Waals surface area contributed by atoms with Crippen molar-refractivity contribution in [3.05, 3.63) is 47.3 Å². The van der Waals surface area contributed by atoms with Gasteiger partial charge in [0.15, 0.2) is 0 Å². The van der Waals surface area contributed by atoms with Crippen molar-refractivity contribution in [3.8, 4) is 11.8 Å². The number of hydrogen-bond donors (Lipinski definition) is 1. The minimum absolute atomic E-state index is 0.0221. The summed E-state index contributed by atoms with van der Waals surface area (Å²) in [6, 6.07) is 6.52. The smallest absolute Gasteiger partial charge is 0.416 e. The molecule has 1 amide bonds. The number of benzene rings is 1. The second-order valence-electron chi connectivity index (χ2n) is 7.22. The molecule has 1 aliphatic rings. The largest absolute Gasteiger partial charge is 0.481 e. The van der Waals surface area contributed by atoms with Crippen LogP contribution in [0.15, 0.2) is 30.3 Å². The lowest BCUT2D eigenvalue weighted by Gasteiger charge is -2.29. The van der Waals surface area contributed by atoms with Gasteiger partial charge in [-0.3, -0.25) is 4.79 Å². The van der Waals surface area contributed by atoms with E-state index in [9.17, 15) is 18.0 Å². The van der Waals surface area contributed by atoms with Crippen LogP contribution in [0.4, 0.5) is 13.2 Å². The summed E-state index contributed by atoms with van der Waals surface area (Å²) in [4.78, 5) is 21.7. The van der Waals surface area contributed by atoms with Crippen LogP contribution in [0.1, 0.15) is 48.6 Å². The number of alkyl halides is 3. The summed E-state index contributed by atoms with van der Waals surface area (Å²) >= 11 is 0. The first-order chi connectivity index (χ1) is 14.3. The number of hydrogen-bond acceptors (Lipinski definition) is 5. The first kappa shape index (κ1) is 21.9. The monoisotopic (exact) mass is 423 g/mol. The number of carbonyl (C=O) groups is 1. The van der Waals surface area contributed by atoms with E-state index >= 15 is 0 Å². The molecule has 30 heavy (non-hydrogen) atoms. The van der Waals surface area contributed by atoms with Crippen molar-refractivity contribution < 1.29 is 27.4 Å². The Hall–Kier alpha value is -2.84. The van der Waals surface area contributed by atoms with Gasteiger partial charge in [-0.05, 0) is 30.5 Å². The molecule has 0 radical (unpaired) electrons. The number of amides is 1. The minimum atomic E-state index is -4.42. The summed E-state index contributed by atoms with van der Waals surface area (Å²) < 4.78 is 49.1. The van der Waals surface area contributed by atoms with E-state index in [1.54, 1.807) is 12.1 Å². The van der Waals surface area contributed by atoms with Gasteiger partial charge in [0.05, 0.1) is 25.8 Å². The lowest BCUT2D eigenvalue weighted by atomic mass is 9.78. The van der Waals surface area contributed by atoms with Gasteiger partial charge in [-0.25, -0.2) is 0 Å².